The van der Waals surface area contributed by atoms with Crippen molar-refractivity contribution in [2.24, 2.45) is 11.3 Å². The molecular weight excluding hydrogens is 228 g/mol. The van der Waals surface area contributed by atoms with E-state index < -0.39 is 5.97 Å². The van der Waals surface area contributed by atoms with E-state index in [2.05, 4.69) is 24.1 Å². The van der Waals surface area contributed by atoms with Crippen LogP contribution >= 0.6 is 0 Å². The molecule has 1 aliphatic rings. The molecule has 1 fully saturated rings. The largest absolute Gasteiger partial charge is 0.478 e. The molecule has 2 rings (SSSR count). The highest BCUT2D eigenvalue weighted by molar-refractivity contribution is 5.93. The quantitative estimate of drug-likeness (QED) is 0.841. The maximum atomic E-state index is 11.1. The van der Waals surface area contributed by atoms with Gasteiger partial charge in [0, 0.05) is 12.2 Å². The Morgan fingerprint density at radius 1 is 1.50 bits per heavy atom. The predicted molar refractivity (Wildman–Crippen MR) is 70.9 cm³/mol. The SMILES string of the molecule is Cc1ccc(C(=O)O)c(NCC2(C(C)C)CC2)n1. The van der Waals surface area contributed by atoms with Gasteiger partial charge in [-0.2, -0.15) is 0 Å². The summed E-state index contributed by atoms with van der Waals surface area (Å²) in [7, 11) is 0. The number of carboxylic acids is 1. The first-order chi connectivity index (χ1) is 8.44. The lowest BCUT2D eigenvalue weighted by atomic mass is 9.92. The van der Waals surface area contributed by atoms with Crippen LogP contribution in [0.15, 0.2) is 12.1 Å². The smallest absolute Gasteiger partial charge is 0.339 e. The van der Waals surface area contributed by atoms with E-state index in [0.29, 0.717) is 17.2 Å². The van der Waals surface area contributed by atoms with Crippen LogP contribution in [0.4, 0.5) is 5.82 Å². The number of hydrogen-bond donors (Lipinski definition) is 2. The van der Waals surface area contributed by atoms with E-state index in [1.54, 1.807) is 12.1 Å². The van der Waals surface area contributed by atoms with Crippen molar-refractivity contribution in [3.05, 3.63) is 23.4 Å². The fourth-order valence-corrected chi connectivity index (χ4v) is 2.24. The zero-order valence-corrected chi connectivity index (χ0v) is 11.2. The van der Waals surface area contributed by atoms with Crippen molar-refractivity contribution in [1.82, 2.24) is 4.98 Å². The van der Waals surface area contributed by atoms with E-state index in [9.17, 15) is 4.79 Å². The second-order valence-corrected chi connectivity index (χ2v) is 5.52. The Bertz CT molecular complexity index is 465. The number of nitrogens with one attached hydrogen (secondary N) is 1. The molecule has 1 aromatic heterocycles. The zero-order chi connectivity index (χ0) is 13.3. The average Bonchev–Trinajstić information content (AvgIpc) is 3.07. The summed E-state index contributed by atoms with van der Waals surface area (Å²) >= 11 is 0. The fourth-order valence-electron chi connectivity index (χ4n) is 2.24. The minimum atomic E-state index is -0.931. The van der Waals surface area contributed by atoms with Crippen LogP contribution in [-0.2, 0) is 0 Å². The van der Waals surface area contributed by atoms with Gasteiger partial charge in [0.15, 0.2) is 0 Å². The number of anilines is 1. The number of rotatable bonds is 5. The van der Waals surface area contributed by atoms with Crippen molar-refractivity contribution < 1.29 is 9.90 Å². The zero-order valence-electron chi connectivity index (χ0n) is 11.2. The van der Waals surface area contributed by atoms with Gasteiger partial charge >= 0.3 is 5.97 Å². The Balaban J connectivity index is 2.14. The van der Waals surface area contributed by atoms with Crippen molar-refractivity contribution in [2.45, 2.75) is 33.6 Å². The molecule has 0 atom stereocenters. The maximum absolute atomic E-state index is 11.1. The molecule has 0 unspecified atom stereocenters. The molecule has 18 heavy (non-hydrogen) atoms. The molecule has 1 heterocycles. The van der Waals surface area contributed by atoms with Gasteiger partial charge in [-0.15, -0.1) is 0 Å². The van der Waals surface area contributed by atoms with Gasteiger partial charge in [-0.25, -0.2) is 9.78 Å². The topological polar surface area (TPSA) is 62.2 Å². The highest BCUT2D eigenvalue weighted by atomic mass is 16.4. The van der Waals surface area contributed by atoms with Gasteiger partial charge in [-0.3, -0.25) is 0 Å². The summed E-state index contributed by atoms with van der Waals surface area (Å²) in [6.07, 6.45) is 2.43. The first-order valence-corrected chi connectivity index (χ1v) is 6.39. The predicted octanol–water partition coefficient (Wildman–Crippen LogP) is 2.94. The second-order valence-electron chi connectivity index (χ2n) is 5.52. The van der Waals surface area contributed by atoms with Gasteiger partial charge in [0.25, 0.3) is 0 Å². The summed E-state index contributed by atoms with van der Waals surface area (Å²) in [6.45, 7) is 7.11. The highest BCUT2D eigenvalue weighted by Gasteiger charge is 2.45. The lowest BCUT2D eigenvalue weighted by Gasteiger charge is -2.21. The highest BCUT2D eigenvalue weighted by Crippen LogP contribution is 2.51. The third-order valence-corrected chi connectivity index (χ3v) is 3.99. The molecule has 4 heteroatoms. The Labute approximate surface area is 107 Å². The number of pyridine rings is 1. The third kappa shape index (κ3) is 2.47. The molecule has 2 N–H and O–H groups in total. The van der Waals surface area contributed by atoms with Gasteiger partial charge in [-0.1, -0.05) is 13.8 Å². The second kappa shape index (κ2) is 4.59. The Morgan fingerprint density at radius 3 is 2.67 bits per heavy atom. The van der Waals surface area contributed by atoms with E-state index >= 15 is 0 Å². The monoisotopic (exact) mass is 248 g/mol. The Hall–Kier alpha value is -1.58. The molecule has 98 valence electrons. The molecule has 1 saturated carbocycles. The Kier molecular flexibility index (Phi) is 3.28. The van der Waals surface area contributed by atoms with Crippen molar-refractivity contribution in [2.75, 3.05) is 11.9 Å². The van der Waals surface area contributed by atoms with Gasteiger partial charge in [-0.05, 0) is 43.2 Å². The molecule has 0 radical (unpaired) electrons. The third-order valence-electron chi connectivity index (χ3n) is 3.99. The first-order valence-electron chi connectivity index (χ1n) is 6.39. The van der Waals surface area contributed by atoms with Crippen LogP contribution in [0.25, 0.3) is 0 Å². The normalized spacial score (nSPS) is 16.7. The number of carboxylic acid groups (broad SMARTS) is 1. The molecular formula is C14H20N2O2. The summed E-state index contributed by atoms with van der Waals surface area (Å²) in [5.74, 6) is 0.178. The van der Waals surface area contributed by atoms with Crippen molar-refractivity contribution in [3.63, 3.8) is 0 Å². The van der Waals surface area contributed by atoms with E-state index in [1.807, 2.05) is 6.92 Å². The van der Waals surface area contributed by atoms with E-state index in [1.165, 1.54) is 12.8 Å². The van der Waals surface area contributed by atoms with Crippen LogP contribution in [0.3, 0.4) is 0 Å². The van der Waals surface area contributed by atoms with Gasteiger partial charge in [0.2, 0.25) is 0 Å². The average molecular weight is 248 g/mol. The van der Waals surface area contributed by atoms with Crippen LogP contribution in [-0.4, -0.2) is 22.6 Å². The van der Waals surface area contributed by atoms with E-state index in [-0.39, 0.29) is 5.56 Å². The van der Waals surface area contributed by atoms with Crippen LogP contribution in [0, 0.1) is 18.3 Å². The molecule has 0 amide bonds. The van der Waals surface area contributed by atoms with Gasteiger partial charge in [0.05, 0.1) is 0 Å². The van der Waals surface area contributed by atoms with Gasteiger partial charge < -0.3 is 10.4 Å². The fraction of sp³-hybridized carbons (Fsp3) is 0.571. The van der Waals surface area contributed by atoms with Crippen LogP contribution < -0.4 is 5.32 Å². The van der Waals surface area contributed by atoms with Crippen LogP contribution in [0.2, 0.25) is 0 Å². The van der Waals surface area contributed by atoms with E-state index in [0.717, 1.165) is 12.2 Å². The van der Waals surface area contributed by atoms with Crippen LogP contribution in [0.5, 0.6) is 0 Å². The lowest BCUT2D eigenvalue weighted by molar-refractivity contribution is 0.0697. The minimum Gasteiger partial charge on any atom is -0.478 e. The van der Waals surface area contributed by atoms with Crippen molar-refractivity contribution in [1.29, 1.82) is 0 Å². The maximum Gasteiger partial charge on any atom is 0.339 e. The molecule has 1 aromatic rings. The standard InChI is InChI=1S/C14H20N2O2/c1-9(2)14(6-7-14)8-15-12-11(13(17)18)5-4-10(3)16-12/h4-5,9H,6-8H2,1-3H3,(H,15,16)(H,17,18). The molecule has 0 saturated heterocycles. The molecule has 0 aromatic carbocycles. The number of aromatic nitrogens is 1. The first kappa shape index (κ1) is 12.9. The minimum absolute atomic E-state index is 0.250. The molecule has 1 aliphatic carbocycles. The van der Waals surface area contributed by atoms with Crippen molar-refractivity contribution in [3.8, 4) is 0 Å². The molecule has 0 spiro atoms. The number of aromatic carboxylic acids is 1. The van der Waals surface area contributed by atoms with Crippen molar-refractivity contribution >= 4 is 11.8 Å². The summed E-state index contributed by atoms with van der Waals surface area (Å²) in [6, 6.07) is 3.34. The number of nitrogens with zero attached hydrogens (tertiary/aromatic N) is 1. The molecule has 0 bridgehead atoms. The van der Waals surface area contributed by atoms with Gasteiger partial charge in [0.1, 0.15) is 11.4 Å². The Morgan fingerprint density at radius 2 is 2.17 bits per heavy atom. The summed E-state index contributed by atoms with van der Waals surface area (Å²) in [5, 5.41) is 12.4. The molecule has 0 aliphatic heterocycles. The lowest BCUT2D eigenvalue weighted by Crippen LogP contribution is -2.22. The number of carbonyl (C=O) groups is 1. The summed E-state index contributed by atoms with van der Waals surface area (Å²) < 4.78 is 0. The van der Waals surface area contributed by atoms with Crippen LogP contribution in [0.1, 0.15) is 42.7 Å². The summed E-state index contributed by atoms with van der Waals surface area (Å²) in [5.41, 5.74) is 1.42. The molecule has 4 nitrogen and oxygen atoms in total. The number of aryl methyl sites for hydroxylation is 1. The van der Waals surface area contributed by atoms with E-state index in [4.69, 9.17) is 5.11 Å². The summed E-state index contributed by atoms with van der Waals surface area (Å²) in [4.78, 5) is 15.4. The number of hydrogen-bond acceptors (Lipinski definition) is 3.